The van der Waals surface area contributed by atoms with Crippen LogP contribution in [0.4, 0.5) is 5.69 Å². The number of aliphatic hydroxyl groups excluding tert-OH is 1. The molecule has 4 aliphatic rings. The lowest BCUT2D eigenvalue weighted by Crippen LogP contribution is -2.47. The first-order chi connectivity index (χ1) is 15.6. The lowest BCUT2D eigenvalue weighted by molar-refractivity contribution is -0.142. The fourth-order valence-corrected chi connectivity index (χ4v) is 5.03. The minimum Gasteiger partial charge on any atom is -0.487 e. The zero-order valence-corrected chi connectivity index (χ0v) is 18.3. The van der Waals surface area contributed by atoms with Crippen molar-refractivity contribution in [1.82, 2.24) is 5.32 Å². The molecule has 0 spiro atoms. The van der Waals surface area contributed by atoms with Gasteiger partial charge in [-0.25, -0.2) is 0 Å². The van der Waals surface area contributed by atoms with Gasteiger partial charge in [0.15, 0.2) is 0 Å². The van der Waals surface area contributed by atoms with Gasteiger partial charge in [-0.15, -0.1) is 0 Å². The van der Waals surface area contributed by atoms with Crippen molar-refractivity contribution in [2.75, 3.05) is 31.7 Å². The first-order valence-electron chi connectivity index (χ1n) is 11.8. The van der Waals surface area contributed by atoms with Crippen molar-refractivity contribution in [1.29, 1.82) is 0 Å². The molecule has 8 heteroatoms. The molecule has 1 aromatic rings. The number of nitrogens with one attached hydrogen (secondary N) is 2. The summed E-state index contributed by atoms with van der Waals surface area (Å²) >= 11 is 0. The standard InChI is InChI=1S/C24H32N2O6/c27-13-21-23-19(10-17(31-21)11-22(28)25-12-14-1-2-14)18-9-16(3-4-20(18)32-23)26-24(29)15-5-7-30-8-6-15/h3-4,9,14-15,17,19,21,23,27H,1-2,5-8,10-13H2,(H,25,28)(H,26,29)/t17-,19+,21+,23-/m1/s1. The van der Waals surface area contributed by atoms with Crippen molar-refractivity contribution in [3.8, 4) is 5.75 Å². The summed E-state index contributed by atoms with van der Waals surface area (Å²) in [5.74, 6) is 1.39. The van der Waals surface area contributed by atoms with Gasteiger partial charge < -0.3 is 30.0 Å². The molecule has 0 radical (unpaired) electrons. The Morgan fingerprint density at radius 1 is 1.12 bits per heavy atom. The van der Waals surface area contributed by atoms with Crippen molar-refractivity contribution >= 4 is 17.5 Å². The fraction of sp³-hybridized carbons (Fsp3) is 0.667. The van der Waals surface area contributed by atoms with Gasteiger partial charge >= 0.3 is 0 Å². The topological polar surface area (TPSA) is 106 Å². The molecule has 0 bridgehead atoms. The van der Waals surface area contributed by atoms with Crippen LogP contribution in [0.2, 0.25) is 0 Å². The zero-order chi connectivity index (χ0) is 22.1. The van der Waals surface area contributed by atoms with E-state index in [1.54, 1.807) is 0 Å². The lowest BCUT2D eigenvalue weighted by Gasteiger charge is -2.37. The van der Waals surface area contributed by atoms with Crippen LogP contribution >= 0.6 is 0 Å². The Morgan fingerprint density at radius 3 is 2.69 bits per heavy atom. The van der Waals surface area contributed by atoms with Gasteiger partial charge in [0.1, 0.15) is 18.0 Å². The van der Waals surface area contributed by atoms with Gasteiger partial charge in [-0.1, -0.05) is 0 Å². The second-order valence-electron chi connectivity index (χ2n) is 9.48. The van der Waals surface area contributed by atoms with E-state index >= 15 is 0 Å². The number of hydrogen-bond acceptors (Lipinski definition) is 6. The Labute approximate surface area is 188 Å². The average Bonchev–Trinajstić information content (AvgIpc) is 3.58. The molecule has 2 amide bonds. The molecule has 1 aromatic carbocycles. The molecule has 0 unspecified atom stereocenters. The van der Waals surface area contributed by atoms with Gasteiger partial charge in [-0.3, -0.25) is 9.59 Å². The summed E-state index contributed by atoms with van der Waals surface area (Å²) in [7, 11) is 0. The number of fused-ring (bicyclic) bond motifs is 3. The first kappa shape index (κ1) is 21.7. The molecule has 3 N–H and O–H groups in total. The smallest absolute Gasteiger partial charge is 0.227 e. The third kappa shape index (κ3) is 4.77. The monoisotopic (exact) mass is 444 g/mol. The highest BCUT2D eigenvalue weighted by Crippen LogP contribution is 2.47. The average molecular weight is 445 g/mol. The van der Waals surface area contributed by atoms with Crippen molar-refractivity contribution in [2.45, 2.75) is 62.8 Å². The van der Waals surface area contributed by atoms with Gasteiger partial charge in [0.05, 0.1) is 19.1 Å². The SMILES string of the molecule is O=C(C[C@H]1C[C@H]2c3cc(NC(=O)C4CCOCC4)ccc3O[C@H]2[C@H](CO)O1)NCC1CC1. The summed E-state index contributed by atoms with van der Waals surface area (Å²) in [5.41, 5.74) is 1.75. The highest BCUT2D eigenvalue weighted by Gasteiger charge is 2.46. The molecule has 0 aromatic heterocycles. The largest absolute Gasteiger partial charge is 0.487 e. The van der Waals surface area contributed by atoms with Crippen molar-refractivity contribution < 1.29 is 28.9 Å². The highest BCUT2D eigenvalue weighted by molar-refractivity contribution is 5.92. The van der Waals surface area contributed by atoms with E-state index in [2.05, 4.69) is 10.6 Å². The predicted octanol–water partition coefficient (Wildman–Crippen LogP) is 1.96. The summed E-state index contributed by atoms with van der Waals surface area (Å²) in [6.45, 7) is 1.82. The second-order valence-corrected chi connectivity index (χ2v) is 9.48. The number of aliphatic hydroxyl groups is 1. The molecule has 1 saturated carbocycles. The maximum Gasteiger partial charge on any atom is 0.227 e. The highest BCUT2D eigenvalue weighted by atomic mass is 16.6. The summed E-state index contributed by atoms with van der Waals surface area (Å²) < 4.78 is 17.5. The number of carbonyl (C=O) groups excluding carboxylic acids is 2. The van der Waals surface area contributed by atoms with E-state index in [0.717, 1.165) is 36.4 Å². The first-order valence-corrected chi connectivity index (χ1v) is 11.8. The van der Waals surface area contributed by atoms with E-state index in [9.17, 15) is 14.7 Å². The van der Waals surface area contributed by atoms with Gasteiger partial charge in [0.25, 0.3) is 0 Å². The molecule has 1 aliphatic carbocycles. The summed E-state index contributed by atoms with van der Waals surface area (Å²) in [4.78, 5) is 25.0. The van der Waals surface area contributed by atoms with Crippen LogP contribution in [0.25, 0.3) is 0 Å². The normalized spacial score (nSPS) is 29.5. The molecule has 3 fully saturated rings. The number of ether oxygens (including phenoxy) is 3. The van der Waals surface area contributed by atoms with E-state index in [1.807, 2.05) is 18.2 Å². The van der Waals surface area contributed by atoms with E-state index < -0.39 is 6.10 Å². The van der Waals surface area contributed by atoms with Crippen molar-refractivity contribution in [3.05, 3.63) is 23.8 Å². The third-order valence-electron chi connectivity index (χ3n) is 7.06. The lowest BCUT2D eigenvalue weighted by atomic mass is 9.84. The minimum absolute atomic E-state index is 0.00588. The van der Waals surface area contributed by atoms with Crippen LogP contribution in [-0.2, 0) is 19.1 Å². The quantitative estimate of drug-likeness (QED) is 0.594. The van der Waals surface area contributed by atoms with Gasteiger partial charge in [-0.05, 0) is 56.2 Å². The molecule has 4 atom stereocenters. The number of hydrogen-bond donors (Lipinski definition) is 3. The number of rotatable bonds is 7. The van der Waals surface area contributed by atoms with E-state index in [1.165, 1.54) is 12.8 Å². The van der Waals surface area contributed by atoms with Crippen molar-refractivity contribution in [2.24, 2.45) is 11.8 Å². The number of anilines is 1. The number of carbonyl (C=O) groups is 2. The summed E-state index contributed by atoms with van der Waals surface area (Å²) in [6, 6.07) is 5.70. The molecule has 8 nitrogen and oxygen atoms in total. The van der Waals surface area contributed by atoms with Crippen LogP contribution in [0, 0.1) is 11.8 Å². The van der Waals surface area contributed by atoms with Crippen LogP contribution < -0.4 is 15.4 Å². The Kier molecular flexibility index (Phi) is 6.35. The van der Waals surface area contributed by atoms with E-state index in [4.69, 9.17) is 14.2 Å². The third-order valence-corrected chi connectivity index (χ3v) is 7.06. The van der Waals surface area contributed by atoms with Crippen LogP contribution in [0.3, 0.4) is 0 Å². The Morgan fingerprint density at radius 2 is 1.94 bits per heavy atom. The molecular formula is C24H32N2O6. The Hall–Kier alpha value is -2.16. The molecular weight excluding hydrogens is 412 g/mol. The van der Waals surface area contributed by atoms with Crippen LogP contribution in [0.5, 0.6) is 5.75 Å². The summed E-state index contributed by atoms with van der Waals surface area (Å²) in [6.07, 6.45) is 3.74. The number of benzene rings is 1. The zero-order valence-electron chi connectivity index (χ0n) is 18.3. The van der Waals surface area contributed by atoms with Gasteiger partial charge in [-0.2, -0.15) is 0 Å². The maximum atomic E-state index is 12.6. The molecule has 3 aliphatic heterocycles. The molecule has 2 saturated heterocycles. The van der Waals surface area contributed by atoms with Gasteiger partial charge in [0.2, 0.25) is 11.8 Å². The molecule has 5 rings (SSSR count). The molecule has 3 heterocycles. The van der Waals surface area contributed by atoms with E-state index in [-0.39, 0.29) is 48.9 Å². The van der Waals surface area contributed by atoms with Gasteiger partial charge in [0, 0.05) is 42.8 Å². The fourth-order valence-electron chi connectivity index (χ4n) is 5.03. The predicted molar refractivity (Wildman–Crippen MR) is 116 cm³/mol. The summed E-state index contributed by atoms with van der Waals surface area (Å²) in [5, 5.41) is 15.9. The number of amides is 2. The van der Waals surface area contributed by atoms with Crippen LogP contribution in [0.15, 0.2) is 18.2 Å². The van der Waals surface area contributed by atoms with Crippen LogP contribution in [-0.4, -0.2) is 61.6 Å². The Bertz CT molecular complexity index is 851. The van der Waals surface area contributed by atoms with Crippen LogP contribution in [0.1, 0.15) is 50.0 Å². The maximum absolute atomic E-state index is 12.6. The second kappa shape index (κ2) is 9.37. The van der Waals surface area contributed by atoms with Crippen molar-refractivity contribution in [3.63, 3.8) is 0 Å². The molecule has 174 valence electrons. The minimum atomic E-state index is -0.484. The Balaban J connectivity index is 1.26. The molecule has 32 heavy (non-hydrogen) atoms. The van der Waals surface area contributed by atoms with E-state index in [0.29, 0.717) is 25.6 Å².